The fourth-order valence-corrected chi connectivity index (χ4v) is 3.22. The first-order valence-corrected chi connectivity index (χ1v) is 7.30. The minimum absolute atomic E-state index is 0.130. The molecule has 1 aliphatic carbocycles. The van der Waals surface area contributed by atoms with Crippen LogP contribution in [0.3, 0.4) is 0 Å². The zero-order valence-corrected chi connectivity index (χ0v) is 12.6. The molecule has 1 aliphatic rings. The van der Waals surface area contributed by atoms with E-state index in [0.717, 1.165) is 12.8 Å². The van der Waals surface area contributed by atoms with Gasteiger partial charge in [-0.15, -0.1) is 0 Å². The molecule has 5 nitrogen and oxygen atoms in total. The Bertz CT molecular complexity index is 484. The van der Waals surface area contributed by atoms with Crippen LogP contribution in [0, 0.1) is 11.8 Å². The molecule has 0 aliphatic heterocycles. The molecule has 2 rings (SSSR count). The Morgan fingerprint density at radius 3 is 2.55 bits per heavy atom. The fraction of sp³-hybridized carbons (Fsp3) is 0.571. The first kappa shape index (κ1) is 15.1. The van der Waals surface area contributed by atoms with E-state index < -0.39 is 0 Å². The highest BCUT2D eigenvalue weighted by Crippen LogP contribution is 2.28. The third kappa shape index (κ3) is 3.61. The summed E-state index contributed by atoms with van der Waals surface area (Å²) < 4.78 is 0. The van der Waals surface area contributed by atoms with Crippen molar-refractivity contribution >= 4 is 23.3 Å². The van der Waals surface area contributed by atoms with Crippen molar-refractivity contribution in [2.75, 3.05) is 5.43 Å². The predicted octanol–water partition coefficient (Wildman–Crippen LogP) is 2.58. The van der Waals surface area contributed by atoms with Crippen LogP contribution in [-0.4, -0.2) is 16.9 Å². The molecule has 1 amide bonds. The van der Waals surface area contributed by atoms with Crippen molar-refractivity contribution in [3.8, 4) is 0 Å². The number of anilines is 1. The molecule has 2 unspecified atom stereocenters. The van der Waals surface area contributed by atoms with Gasteiger partial charge < -0.3 is 10.7 Å². The Balaban J connectivity index is 2.02. The number of halogens is 1. The maximum Gasteiger partial charge on any atom is 0.253 e. The highest BCUT2D eigenvalue weighted by atomic mass is 35.5. The van der Waals surface area contributed by atoms with E-state index in [1.54, 1.807) is 6.07 Å². The summed E-state index contributed by atoms with van der Waals surface area (Å²) in [5.74, 6) is 6.79. The van der Waals surface area contributed by atoms with Crippen molar-refractivity contribution in [2.45, 2.75) is 39.2 Å². The summed E-state index contributed by atoms with van der Waals surface area (Å²) in [6.45, 7) is 4.46. The quantitative estimate of drug-likeness (QED) is 0.591. The van der Waals surface area contributed by atoms with Gasteiger partial charge in [0.2, 0.25) is 0 Å². The van der Waals surface area contributed by atoms with E-state index in [1.165, 1.54) is 12.6 Å². The van der Waals surface area contributed by atoms with Gasteiger partial charge >= 0.3 is 0 Å². The Morgan fingerprint density at radius 2 is 2.00 bits per heavy atom. The fourth-order valence-electron chi connectivity index (χ4n) is 3.00. The maximum absolute atomic E-state index is 12.2. The Labute approximate surface area is 124 Å². The number of aromatic nitrogens is 1. The number of nitrogen functional groups attached to an aromatic ring is 1. The second-order valence-electron chi connectivity index (χ2n) is 5.79. The summed E-state index contributed by atoms with van der Waals surface area (Å²) in [6, 6.07) is 1.81. The zero-order valence-electron chi connectivity index (χ0n) is 11.8. The van der Waals surface area contributed by atoms with Gasteiger partial charge in [-0.25, -0.2) is 10.8 Å². The Kier molecular flexibility index (Phi) is 4.83. The molecule has 110 valence electrons. The van der Waals surface area contributed by atoms with Crippen molar-refractivity contribution < 1.29 is 4.79 Å². The number of hydrogen-bond donors (Lipinski definition) is 3. The van der Waals surface area contributed by atoms with Crippen LogP contribution < -0.4 is 16.6 Å². The number of hydrazine groups is 1. The van der Waals surface area contributed by atoms with E-state index >= 15 is 0 Å². The molecule has 2 atom stereocenters. The van der Waals surface area contributed by atoms with Crippen LogP contribution in [0.25, 0.3) is 0 Å². The lowest BCUT2D eigenvalue weighted by Crippen LogP contribution is -2.40. The van der Waals surface area contributed by atoms with Crippen LogP contribution in [0.2, 0.25) is 5.02 Å². The monoisotopic (exact) mass is 296 g/mol. The second-order valence-corrected chi connectivity index (χ2v) is 6.19. The van der Waals surface area contributed by atoms with Gasteiger partial charge in [0.1, 0.15) is 0 Å². The Hall–Kier alpha value is -1.33. The highest BCUT2D eigenvalue weighted by molar-refractivity contribution is 6.33. The molecule has 0 bridgehead atoms. The number of nitrogens with one attached hydrogen (secondary N) is 2. The molecule has 0 aromatic carbocycles. The van der Waals surface area contributed by atoms with Gasteiger partial charge in [-0.3, -0.25) is 4.79 Å². The summed E-state index contributed by atoms with van der Waals surface area (Å²) in [4.78, 5) is 16.2. The lowest BCUT2D eigenvalue weighted by Gasteiger charge is -2.31. The Morgan fingerprint density at radius 1 is 1.35 bits per heavy atom. The van der Waals surface area contributed by atoms with E-state index in [9.17, 15) is 4.79 Å². The standard InChI is InChI=1S/C14H21ClN4O/c1-8-3-9(2)5-11(4-8)18-14(20)10-6-12(15)13(19-16)17-7-10/h6-9,11H,3-5,16H2,1-2H3,(H,17,19)(H,18,20). The van der Waals surface area contributed by atoms with Crippen molar-refractivity contribution in [3.05, 3.63) is 22.8 Å². The number of carbonyl (C=O) groups is 1. The number of nitrogens with two attached hydrogens (primary N) is 1. The van der Waals surface area contributed by atoms with Crippen LogP contribution in [0.4, 0.5) is 5.82 Å². The zero-order chi connectivity index (χ0) is 14.7. The number of rotatable bonds is 3. The van der Waals surface area contributed by atoms with Crippen LogP contribution in [0.15, 0.2) is 12.3 Å². The van der Waals surface area contributed by atoms with Crippen molar-refractivity contribution in [3.63, 3.8) is 0 Å². The van der Waals surface area contributed by atoms with E-state index in [2.05, 4.69) is 29.6 Å². The molecule has 1 fully saturated rings. The first-order chi connectivity index (χ1) is 9.49. The summed E-state index contributed by atoms with van der Waals surface area (Å²) >= 11 is 5.98. The molecule has 0 radical (unpaired) electrons. The molecule has 4 N–H and O–H groups in total. The number of amides is 1. The number of nitrogens with zero attached hydrogens (tertiary/aromatic N) is 1. The highest BCUT2D eigenvalue weighted by Gasteiger charge is 2.25. The van der Waals surface area contributed by atoms with Gasteiger partial charge in [-0.2, -0.15) is 0 Å². The summed E-state index contributed by atoms with van der Waals surface area (Å²) in [7, 11) is 0. The van der Waals surface area contributed by atoms with Gasteiger partial charge in [0.25, 0.3) is 5.91 Å². The van der Waals surface area contributed by atoms with Crippen LogP contribution in [-0.2, 0) is 0 Å². The molecule has 20 heavy (non-hydrogen) atoms. The summed E-state index contributed by atoms with van der Waals surface area (Å²) in [5, 5.41) is 3.41. The average Bonchev–Trinajstić information content (AvgIpc) is 2.37. The van der Waals surface area contributed by atoms with Gasteiger partial charge in [-0.05, 0) is 37.2 Å². The van der Waals surface area contributed by atoms with Gasteiger partial charge in [0.15, 0.2) is 5.82 Å². The molecule has 6 heteroatoms. The number of carbonyl (C=O) groups excluding carboxylic acids is 1. The van der Waals surface area contributed by atoms with Crippen LogP contribution >= 0.6 is 11.6 Å². The second kappa shape index (κ2) is 6.41. The molecule has 0 spiro atoms. The van der Waals surface area contributed by atoms with E-state index in [4.69, 9.17) is 17.4 Å². The first-order valence-electron chi connectivity index (χ1n) is 6.92. The predicted molar refractivity (Wildman–Crippen MR) is 80.5 cm³/mol. The molecule has 1 aromatic rings. The summed E-state index contributed by atoms with van der Waals surface area (Å²) in [5.41, 5.74) is 2.84. The smallest absolute Gasteiger partial charge is 0.253 e. The van der Waals surface area contributed by atoms with Crippen molar-refractivity contribution in [1.29, 1.82) is 0 Å². The van der Waals surface area contributed by atoms with E-state index in [0.29, 0.717) is 28.2 Å². The largest absolute Gasteiger partial charge is 0.349 e. The molecule has 1 heterocycles. The minimum atomic E-state index is -0.130. The van der Waals surface area contributed by atoms with Gasteiger partial charge in [0, 0.05) is 12.2 Å². The lowest BCUT2D eigenvalue weighted by molar-refractivity contribution is 0.0911. The summed E-state index contributed by atoms with van der Waals surface area (Å²) in [6.07, 6.45) is 4.77. The third-order valence-corrected chi connectivity index (χ3v) is 4.04. The maximum atomic E-state index is 12.2. The van der Waals surface area contributed by atoms with E-state index in [1.807, 2.05) is 0 Å². The average molecular weight is 297 g/mol. The van der Waals surface area contributed by atoms with Gasteiger partial charge in [-0.1, -0.05) is 25.4 Å². The normalized spacial score (nSPS) is 26.1. The molecule has 0 saturated heterocycles. The van der Waals surface area contributed by atoms with E-state index in [-0.39, 0.29) is 11.9 Å². The molecular weight excluding hydrogens is 276 g/mol. The van der Waals surface area contributed by atoms with Gasteiger partial charge in [0.05, 0.1) is 10.6 Å². The SMILES string of the molecule is CC1CC(C)CC(NC(=O)c2cnc(NN)c(Cl)c2)C1. The van der Waals surface area contributed by atoms with Crippen molar-refractivity contribution in [1.82, 2.24) is 10.3 Å². The molecular formula is C14H21ClN4O. The third-order valence-electron chi connectivity index (χ3n) is 3.75. The number of pyridine rings is 1. The topological polar surface area (TPSA) is 80.0 Å². The number of hydrogen-bond acceptors (Lipinski definition) is 4. The molecule has 1 aromatic heterocycles. The minimum Gasteiger partial charge on any atom is -0.349 e. The van der Waals surface area contributed by atoms with Crippen LogP contribution in [0.5, 0.6) is 0 Å². The molecule has 1 saturated carbocycles. The van der Waals surface area contributed by atoms with Crippen molar-refractivity contribution in [2.24, 2.45) is 17.7 Å². The lowest BCUT2D eigenvalue weighted by atomic mass is 9.80. The van der Waals surface area contributed by atoms with Crippen LogP contribution in [0.1, 0.15) is 43.5 Å².